The van der Waals surface area contributed by atoms with Gasteiger partial charge in [-0.05, 0) is 25.1 Å². The molecule has 3 aromatic rings. The third-order valence-electron chi connectivity index (χ3n) is 2.86. The summed E-state index contributed by atoms with van der Waals surface area (Å²) in [6.45, 7) is 1.91. The highest BCUT2D eigenvalue weighted by Gasteiger charge is 2.21. The Hall–Kier alpha value is -2.13. The van der Waals surface area contributed by atoms with Crippen LogP contribution < -0.4 is 10.5 Å². The monoisotopic (exact) mass is 323 g/mol. The molecule has 0 saturated heterocycles. The number of nitrogens with two attached hydrogens (primary N) is 1. The largest absolute Gasteiger partial charge is 0.381 e. The number of nitrogens with zero attached hydrogens (tertiary/aromatic N) is 3. The van der Waals surface area contributed by atoms with E-state index in [1.54, 1.807) is 25.2 Å². The Morgan fingerprint density at radius 1 is 1.38 bits per heavy atom. The van der Waals surface area contributed by atoms with Crippen LogP contribution in [0.5, 0.6) is 0 Å². The van der Waals surface area contributed by atoms with E-state index in [0.29, 0.717) is 5.69 Å². The molecule has 0 amide bonds. The Kier molecular flexibility index (Phi) is 3.10. The molecule has 0 unspecified atom stereocenters. The van der Waals surface area contributed by atoms with Crippen molar-refractivity contribution in [2.24, 2.45) is 7.05 Å². The number of rotatable bonds is 3. The van der Waals surface area contributed by atoms with Gasteiger partial charge in [0.2, 0.25) is 0 Å². The quantitative estimate of drug-likeness (QED) is 0.764. The Morgan fingerprint density at radius 2 is 2.14 bits per heavy atom. The molecule has 3 N–H and O–H groups in total. The molecule has 0 saturated carbocycles. The van der Waals surface area contributed by atoms with Crippen molar-refractivity contribution in [2.45, 2.75) is 11.8 Å². The molecule has 1 aromatic carbocycles. The molecule has 2 aromatic heterocycles. The smallest absolute Gasteiger partial charge is 0.267 e. The molecule has 0 bridgehead atoms. The van der Waals surface area contributed by atoms with E-state index in [-0.39, 0.29) is 10.7 Å². The summed E-state index contributed by atoms with van der Waals surface area (Å²) in [6.07, 6.45) is 1.37. The van der Waals surface area contributed by atoms with Gasteiger partial charge in [0.05, 0.1) is 20.9 Å². The minimum atomic E-state index is -3.76. The molecule has 21 heavy (non-hydrogen) atoms. The van der Waals surface area contributed by atoms with Crippen LogP contribution in [0, 0.1) is 6.92 Å². The number of hydrogen-bond acceptors (Lipinski definition) is 6. The molecule has 7 nitrogen and oxygen atoms in total. The highest BCUT2D eigenvalue weighted by atomic mass is 32.2. The number of nitrogens with one attached hydrogen (secondary N) is 1. The first-order valence-electron chi connectivity index (χ1n) is 6.04. The van der Waals surface area contributed by atoms with Crippen molar-refractivity contribution in [1.82, 2.24) is 14.8 Å². The molecule has 0 spiro atoms. The first-order valence-corrected chi connectivity index (χ1v) is 8.34. The molecule has 3 rings (SSSR count). The van der Waals surface area contributed by atoms with Crippen molar-refractivity contribution in [1.29, 1.82) is 0 Å². The molecule has 0 atom stereocenters. The number of anilines is 2. The van der Waals surface area contributed by atoms with E-state index in [1.807, 2.05) is 6.92 Å². The molecule has 0 aliphatic heterocycles. The minimum Gasteiger partial charge on any atom is -0.381 e. The lowest BCUT2D eigenvalue weighted by molar-refractivity contribution is 0.601. The second kappa shape index (κ2) is 4.71. The molecule has 2 heterocycles. The minimum absolute atomic E-state index is 0.0280. The molecule has 0 fully saturated rings. The number of sulfonamides is 1. The Bertz CT molecular complexity index is 926. The van der Waals surface area contributed by atoms with Crippen LogP contribution in [-0.2, 0) is 17.1 Å². The van der Waals surface area contributed by atoms with E-state index < -0.39 is 10.0 Å². The van der Waals surface area contributed by atoms with Gasteiger partial charge >= 0.3 is 0 Å². The lowest BCUT2D eigenvalue weighted by Crippen LogP contribution is -2.13. The van der Waals surface area contributed by atoms with E-state index in [2.05, 4.69) is 14.8 Å². The topological polar surface area (TPSA) is 103 Å². The van der Waals surface area contributed by atoms with E-state index >= 15 is 0 Å². The number of hydrogen-bond donors (Lipinski definition) is 2. The maximum Gasteiger partial charge on any atom is 0.267 e. The Balaban J connectivity index is 1.98. The number of benzene rings is 1. The third kappa shape index (κ3) is 2.57. The van der Waals surface area contributed by atoms with Gasteiger partial charge in [-0.2, -0.15) is 5.10 Å². The first kappa shape index (κ1) is 13.8. The van der Waals surface area contributed by atoms with Crippen molar-refractivity contribution in [3.05, 3.63) is 29.4 Å². The highest BCUT2D eigenvalue weighted by Crippen LogP contribution is 2.26. The normalized spacial score (nSPS) is 11.9. The van der Waals surface area contributed by atoms with E-state index in [1.165, 1.54) is 22.2 Å². The number of aromatic nitrogens is 3. The summed E-state index contributed by atoms with van der Waals surface area (Å²) < 4.78 is 29.4. The standard InChI is InChI=1S/C12H13N5O2S2/c1-7-14-9-4-3-8(5-10(9)20-7)16-21(18,19)11-6-17(2)15-12(11)13/h3-6,16H,1-2H3,(H2,13,15). The van der Waals surface area contributed by atoms with Crippen LogP contribution in [0.1, 0.15) is 5.01 Å². The summed E-state index contributed by atoms with van der Waals surface area (Å²) in [5, 5.41) is 4.77. The number of nitrogen functional groups attached to an aromatic ring is 1. The molecule has 110 valence electrons. The van der Waals surface area contributed by atoms with Gasteiger partial charge in [-0.1, -0.05) is 0 Å². The van der Waals surface area contributed by atoms with Gasteiger partial charge in [-0.3, -0.25) is 9.40 Å². The van der Waals surface area contributed by atoms with Gasteiger partial charge in [-0.25, -0.2) is 13.4 Å². The summed E-state index contributed by atoms with van der Waals surface area (Å²) in [5.74, 6) is -0.0280. The maximum atomic E-state index is 12.3. The second-order valence-corrected chi connectivity index (χ2v) is 7.46. The zero-order chi connectivity index (χ0) is 15.2. The summed E-state index contributed by atoms with van der Waals surface area (Å²) in [5.41, 5.74) is 6.93. The maximum absolute atomic E-state index is 12.3. The van der Waals surface area contributed by atoms with Crippen molar-refractivity contribution >= 4 is 43.1 Å². The van der Waals surface area contributed by atoms with E-state index in [0.717, 1.165) is 15.2 Å². The summed E-state index contributed by atoms with van der Waals surface area (Å²) in [6, 6.07) is 5.21. The van der Waals surface area contributed by atoms with Crippen molar-refractivity contribution in [3.8, 4) is 0 Å². The first-order chi connectivity index (χ1) is 9.85. The van der Waals surface area contributed by atoms with Crippen LogP contribution in [-0.4, -0.2) is 23.2 Å². The number of aryl methyl sites for hydroxylation is 2. The van der Waals surface area contributed by atoms with Gasteiger partial charge in [0.15, 0.2) is 5.82 Å². The lowest BCUT2D eigenvalue weighted by atomic mass is 10.3. The average Bonchev–Trinajstić information content (AvgIpc) is 2.90. The van der Waals surface area contributed by atoms with Gasteiger partial charge in [0.1, 0.15) is 4.90 Å². The van der Waals surface area contributed by atoms with Crippen LogP contribution in [0.4, 0.5) is 11.5 Å². The summed E-state index contributed by atoms with van der Waals surface area (Å²) in [4.78, 5) is 4.30. The van der Waals surface area contributed by atoms with Crippen molar-refractivity contribution in [3.63, 3.8) is 0 Å². The highest BCUT2D eigenvalue weighted by molar-refractivity contribution is 7.92. The van der Waals surface area contributed by atoms with Gasteiger partial charge in [0, 0.05) is 13.2 Å². The van der Waals surface area contributed by atoms with Crippen LogP contribution in [0.25, 0.3) is 10.2 Å². The second-order valence-electron chi connectivity index (χ2n) is 4.57. The zero-order valence-electron chi connectivity index (χ0n) is 11.4. The van der Waals surface area contributed by atoms with E-state index in [4.69, 9.17) is 5.73 Å². The third-order valence-corrected chi connectivity index (χ3v) is 5.19. The fraction of sp³-hybridized carbons (Fsp3) is 0.167. The zero-order valence-corrected chi connectivity index (χ0v) is 13.0. The average molecular weight is 323 g/mol. The van der Waals surface area contributed by atoms with Crippen LogP contribution in [0.3, 0.4) is 0 Å². The van der Waals surface area contributed by atoms with Crippen molar-refractivity contribution in [2.75, 3.05) is 10.5 Å². The fourth-order valence-electron chi connectivity index (χ4n) is 2.00. The van der Waals surface area contributed by atoms with Crippen LogP contribution in [0.2, 0.25) is 0 Å². The Labute approximate surface area is 125 Å². The molecule has 0 aliphatic rings. The summed E-state index contributed by atoms with van der Waals surface area (Å²) >= 11 is 1.51. The molecule has 9 heteroatoms. The molecule has 0 aliphatic carbocycles. The van der Waals surface area contributed by atoms with Crippen LogP contribution in [0.15, 0.2) is 29.3 Å². The van der Waals surface area contributed by atoms with Gasteiger partial charge in [0.25, 0.3) is 10.0 Å². The molecule has 0 radical (unpaired) electrons. The van der Waals surface area contributed by atoms with Crippen molar-refractivity contribution < 1.29 is 8.42 Å². The Morgan fingerprint density at radius 3 is 2.81 bits per heavy atom. The number of thiazole rings is 1. The van der Waals surface area contributed by atoms with Crippen LogP contribution >= 0.6 is 11.3 Å². The fourth-order valence-corrected chi connectivity index (χ4v) is 4.03. The predicted octanol–water partition coefficient (Wildman–Crippen LogP) is 1.72. The summed E-state index contributed by atoms with van der Waals surface area (Å²) in [7, 11) is -2.15. The molecular formula is C12H13N5O2S2. The van der Waals surface area contributed by atoms with E-state index in [9.17, 15) is 8.42 Å². The van der Waals surface area contributed by atoms with Gasteiger partial charge < -0.3 is 5.73 Å². The predicted molar refractivity (Wildman–Crippen MR) is 82.8 cm³/mol. The number of fused-ring (bicyclic) bond motifs is 1. The molecular weight excluding hydrogens is 310 g/mol. The van der Waals surface area contributed by atoms with Gasteiger partial charge in [-0.15, -0.1) is 11.3 Å². The lowest BCUT2D eigenvalue weighted by Gasteiger charge is -2.06. The SMILES string of the molecule is Cc1nc2ccc(NS(=O)(=O)c3cn(C)nc3N)cc2s1.